The van der Waals surface area contributed by atoms with Crippen LogP contribution in [0.15, 0.2) is 45.6 Å². The lowest BCUT2D eigenvalue weighted by molar-refractivity contribution is 0.625. The summed E-state index contributed by atoms with van der Waals surface area (Å²) in [5, 5.41) is 0.418. The molecule has 0 bridgehead atoms. The molecule has 0 aliphatic heterocycles. The summed E-state index contributed by atoms with van der Waals surface area (Å²) in [6, 6.07) is 9.16. The van der Waals surface area contributed by atoms with E-state index in [0.717, 1.165) is 0 Å². The number of fused-ring (bicyclic) bond motifs is 2. The van der Waals surface area contributed by atoms with Gasteiger partial charge in [-0.1, -0.05) is 23.7 Å². The normalized spacial score (nSPS) is 11.2. The second-order valence-electron chi connectivity index (χ2n) is 3.66. The van der Waals surface area contributed by atoms with Gasteiger partial charge in [-0.2, -0.15) is 0 Å². The highest BCUT2D eigenvalue weighted by Crippen LogP contribution is 2.25. The van der Waals surface area contributed by atoms with E-state index in [9.17, 15) is 9.18 Å². The molecule has 0 fully saturated rings. The second-order valence-corrected chi connectivity index (χ2v) is 4.06. The van der Waals surface area contributed by atoms with E-state index in [1.54, 1.807) is 24.3 Å². The third-order valence-electron chi connectivity index (χ3n) is 2.62. The highest BCUT2D eigenvalue weighted by Gasteiger charge is 2.13. The van der Waals surface area contributed by atoms with Crippen molar-refractivity contribution >= 4 is 33.5 Å². The van der Waals surface area contributed by atoms with Gasteiger partial charge in [-0.15, -0.1) is 0 Å². The topological polar surface area (TPSA) is 30.2 Å². The average Bonchev–Trinajstić information content (AvgIpc) is 2.28. The smallest absolute Gasteiger partial charge is 0.205 e. The molecule has 0 unspecified atom stereocenters. The van der Waals surface area contributed by atoms with Crippen LogP contribution in [0.3, 0.4) is 0 Å². The minimum atomic E-state index is -0.599. The maximum atomic E-state index is 13.6. The minimum Gasteiger partial charge on any atom is -0.456 e. The fraction of sp³-hybridized carbons (Fsp3) is 0. The first-order valence-electron chi connectivity index (χ1n) is 4.98. The molecule has 3 aromatic rings. The average molecular weight is 249 g/mol. The van der Waals surface area contributed by atoms with E-state index < -0.39 is 11.2 Å². The van der Waals surface area contributed by atoms with Crippen LogP contribution in [0, 0.1) is 5.82 Å². The Balaban J connectivity index is 2.69. The minimum absolute atomic E-state index is 0.0619. The number of rotatable bonds is 0. The van der Waals surface area contributed by atoms with Crippen molar-refractivity contribution in [1.82, 2.24) is 0 Å². The van der Waals surface area contributed by atoms with E-state index in [1.165, 1.54) is 12.1 Å². The summed E-state index contributed by atoms with van der Waals surface area (Å²) in [6.07, 6.45) is 0. The third-order valence-corrected chi connectivity index (χ3v) is 2.94. The molecule has 0 radical (unpaired) electrons. The van der Waals surface area contributed by atoms with Crippen molar-refractivity contribution in [2.24, 2.45) is 0 Å². The monoisotopic (exact) mass is 248 g/mol. The van der Waals surface area contributed by atoms with E-state index in [2.05, 4.69) is 0 Å². The summed E-state index contributed by atoms with van der Waals surface area (Å²) >= 11 is 5.93. The number of halogens is 2. The van der Waals surface area contributed by atoms with Crippen LogP contribution in [0.25, 0.3) is 21.9 Å². The van der Waals surface area contributed by atoms with Gasteiger partial charge in [0.2, 0.25) is 5.43 Å². The Bertz CT molecular complexity index is 729. The number of benzene rings is 2. The molecule has 2 aromatic carbocycles. The molecule has 0 atom stereocenters. The molecule has 0 N–H and O–H groups in total. The van der Waals surface area contributed by atoms with Crippen molar-refractivity contribution in [2.75, 3.05) is 0 Å². The van der Waals surface area contributed by atoms with Crippen LogP contribution < -0.4 is 5.43 Å². The van der Waals surface area contributed by atoms with Crippen molar-refractivity contribution in [3.63, 3.8) is 0 Å². The quantitative estimate of drug-likeness (QED) is 0.568. The maximum absolute atomic E-state index is 13.6. The van der Waals surface area contributed by atoms with E-state index in [1.807, 2.05) is 0 Å². The molecule has 0 aliphatic carbocycles. The molecule has 0 saturated carbocycles. The Hall–Kier alpha value is -1.87. The van der Waals surface area contributed by atoms with Gasteiger partial charge in [0.15, 0.2) is 0 Å². The van der Waals surface area contributed by atoms with Crippen LogP contribution in [0.4, 0.5) is 4.39 Å². The van der Waals surface area contributed by atoms with Crippen LogP contribution >= 0.6 is 11.6 Å². The highest BCUT2D eigenvalue weighted by atomic mass is 35.5. The first-order chi connectivity index (χ1) is 8.18. The van der Waals surface area contributed by atoms with Crippen LogP contribution in [-0.4, -0.2) is 0 Å². The van der Waals surface area contributed by atoms with Crippen molar-refractivity contribution in [2.45, 2.75) is 0 Å². The molecule has 3 rings (SSSR count). The molecule has 1 heterocycles. The lowest BCUT2D eigenvalue weighted by atomic mass is 10.1. The van der Waals surface area contributed by atoms with Crippen LogP contribution in [0.1, 0.15) is 0 Å². The van der Waals surface area contributed by atoms with Gasteiger partial charge < -0.3 is 4.42 Å². The third kappa shape index (κ3) is 1.43. The molecular weight excluding hydrogens is 243 g/mol. The van der Waals surface area contributed by atoms with Crippen molar-refractivity contribution < 1.29 is 8.81 Å². The number of hydrogen-bond acceptors (Lipinski definition) is 2. The Morgan fingerprint density at radius 2 is 1.65 bits per heavy atom. The van der Waals surface area contributed by atoms with E-state index in [4.69, 9.17) is 16.0 Å². The molecule has 4 heteroatoms. The van der Waals surface area contributed by atoms with Crippen LogP contribution in [0.5, 0.6) is 0 Å². The van der Waals surface area contributed by atoms with Crippen molar-refractivity contribution in [1.29, 1.82) is 0 Å². The van der Waals surface area contributed by atoms with Gasteiger partial charge in [0.1, 0.15) is 22.4 Å². The zero-order chi connectivity index (χ0) is 12.0. The lowest BCUT2D eigenvalue weighted by Gasteiger charge is -2.02. The first kappa shape index (κ1) is 10.3. The van der Waals surface area contributed by atoms with E-state index >= 15 is 0 Å². The fourth-order valence-corrected chi connectivity index (χ4v) is 2.11. The van der Waals surface area contributed by atoms with Gasteiger partial charge in [0, 0.05) is 0 Å². The van der Waals surface area contributed by atoms with E-state index in [0.29, 0.717) is 5.58 Å². The number of hydrogen-bond donors (Lipinski definition) is 0. The van der Waals surface area contributed by atoms with E-state index in [-0.39, 0.29) is 21.4 Å². The summed E-state index contributed by atoms with van der Waals surface area (Å²) in [4.78, 5) is 12.1. The SMILES string of the molecule is O=c1c2c(F)cccc2oc2cccc(Cl)c12. The van der Waals surface area contributed by atoms with Gasteiger partial charge in [0.05, 0.1) is 10.4 Å². The van der Waals surface area contributed by atoms with Gasteiger partial charge >= 0.3 is 0 Å². The zero-order valence-electron chi connectivity index (χ0n) is 8.54. The predicted octanol–water partition coefficient (Wildman–Crippen LogP) is 3.74. The van der Waals surface area contributed by atoms with Crippen molar-refractivity contribution in [3.05, 3.63) is 57.5 Å². The van der Waals surface area contributed by atoms with Gasteiger partial charge in [0.25, 0.3) is 0 Å². The maximum Gasteiger partial charge on any atom is 0.205 e. The first-order valence-corrected chi connectivity index (χ1v) is 5.36. The van der Waals surface area contributed by atoms with Crippen molar-refractivity contribution in [3.8, 4) is 0 Å². The molecule has 17 heavy (non-hydrogen) atoms. The summed E-state index contributed by atoms with van der Waals surface area (Å²) in [7, 11) is 0. The fourth-order valence-electron chi connectivity index (χ4n) is 1.86. The highest BCUT2D eigenvalue weighted by molar-refractivity contribution is 6.35. The molecule has 0 spiro atoms. The van der Waals surface area contributed by atoms with Gasteiger partial charge in [-0.05, 0) is 24.3 Å². The molecule has 84 valence electrons. The molecule has 1 aromatic heterocycles. The Morgan fingerprint density at radius 3 is 2.41 bits per heavy atom. The standard InChI is InChI=1S/C13H6ClFO2/c14-7-3-1-5-9-11(7)13(16)12-8(15)4-2-6-10(12)17-9/h1-6H. The lowest BCUT2D eigenvalue weighted by Crippen LogP contribution is -2.04. The van der Waals surface area contributed by atoms with Gasteiger partial charge in [-0.25, -0.2) is 4.39 Å². The zero-order valence-corrected chi connectivity index (χ0v) is 9.29. The molecule has 2 nitrogen and oxygen atoms in total. The second kappa shape index (κ2) is 3.57. The summed E-state index contributed by atoms with van der Waals surface area (Å²) < 4.78 is 19.1. The molecular formula is C13H6ClFO2. The predicted molar refractivity (Wildman–Crippen MR) is 65.0 cm³/mol. The van der Waals surface area contributed by atoms with Crippen LogP contribution in [-0.2, 0) is 0 Å². The van der Waals surface area contributed by atoms with Gasteiger partial charge in [-0.3, -0.25) is 4.79 Å². The molecule has 0 amide bonds. The Kier molecular flexibility index (Phi) is 2.16. The summed E-state index contributed by atoms with van der Waals surface area (Å²) in [5.41, 5.74) is 0.148. The summed E-state index contributed by atoms with van der Waals surface area (Å²) in [5.74, 6) is -0.599. The Morgan fingerprint density at radius 1 is 1.00 bits per heavy atom. The largest absolute Gasteiger partial charge is 0.456 e. The molecule has 0 saturated heterocycles. The van der Waals surface area contributed by atoms with Crippen LogP contribution in [0.2, 0.25) is 5.02 Å². The molecule has 0 aliphatic rings. The Labute approximate surface area is 100 Å². The summed E-state index contributed by atoms with van der Waals surface area (Å²) in [6.45, 7) is 0.